The summed E-state index contributed by atoms with van der Waals surface area (Å²) in [6.45, 7) is 1.81. The van der Waals surface area contributed by atoms with Crippen molar-refractivity contribution in [2.24, 2.45) is 0 Å². The van der Waals surface area contributed by atoms with Gasteiger partial charge in [0.2, 0.25) is 0 Å². The molecule has 0 amide bonds. The Labute approximate surface area is 112 Å². The number of anilines is 2. The minimum Gasteiger partial charge on any atom is -0.337 e. The summed E-state index contributed by atoms with van der Waals surface area (Å²) in [5.41, 5.74) is 1.49. The minimum absolute atomic E-state index is 0.277. The van der Waals surface area contributed by atoms with Crippen LogP contribution in [0.25, 0.3) is 0 Å². The van der Waals surface area contributed by atoms with Crippen LogP contribution in [0.5, 0.6) is 0 Å². The van der Waals surface area contributed by atoms with Gasteiger partial charge >= 0.3 is 0 Å². The molecule has 18 heavy (non-hydrogen) atoms. The van der Waals surface area contributed by atoms with E-state index in [0.29, 0.717) is 11.4 Å². The Hall–Kier alpha value is -1.93. The second kappa shape index (κ2) is 5.15. The Bertz CT molecular complexity index is 635. The van der Waals surface area contributed by atoms with Crippen molar-refractivity contribution in [2.75, 3.05) is 5.32 Å². The number of benzene rings is 1. The molecule has 1 heterocycles. The van der Waals surface area contributed by atoms with Gasteiger partial charge in [-0.1, -0.05) is 15.9 Å². The molecule has 0 aliphatic heterocycles. The van der Waals surface area contributed by atoms with Crippen molar-refractivity contribution in [1.29, 1.82) is 5.26 Å². The lowest BCUT2D eigenvalue weighted by atomic mass is 10.1. The van der Waals surface area contributed by atoms with Crippen molar-refractivity contribution in [3.8, 4) is 6.07 Å². The van der Waals surface area contributed by atoms with Gasteiger partial charge in [-0.15, -0.1) is 0 Å². The Morgan fingerprint density at radius 3 is 2.89 bits per heavy atom. The summed E-state index contributed by atoms with van der Waals surface area (Å²) < 4.78 is 14.3. The van der Waals surface area contributed by atoms with Gasteiger partial charge in [-0.25, -0.2) is 9.37 Å². The van der Waals surface area contributed by atoms with Crippen LogP contribution in [0.15, 0.2) is 34.9 Å². The second-order valence-electron chi connectivity index (χ2n) is 3.71. The van der Waals surface area contributed by atoms with Crippen LogP contribution in [-0.4, -0.2) is 4.98 Å². The van der Waals surface area contributed by atoms with Crippen molar-refractivity contribution < 1.29 is 4.39 Å². The smallest absolute Gasteiger partial charge is 0.148 e. The largest absolute Gasteiger partial charge is 0.337 e. The van der Waals surface area contributed by atoms with Crippen LogP contribution < -0.4 is 5.32 Å². The van der Waals surface area contributed by atoms with E-state index < -0.39 is 5.82 Å². The van der Waals surface area contributed by atoms with Crippen molar-refractivity contribution in [1.82, 2.24) is 4.98 Å². The van der Waals surface area contributed by atoms with Crippen LogP contribution in [-0.2, 0) is 0 Å². The maximum Gasteiger partial charge on any atom is 0.148 e. The normalized spacial score (nSPS) is 9.89. The fourth-order valence-electron chi connectivity index (χ4n) is 1.52. The first-order chi connectivity index (χ1) is 8.61. The molecule has 0 radical (unpaired) electrons. The Morgan fingerprint density at radius 2 is 2.17 bits per heavy atom. The number of rotatable bonds is 2. The van der Waals surface area contributed by atoms with Crippen molar-refractivity contribution in [2.45, 2.75) is 6.92 Å². The molecular weight excluding hydrogens is 297 g/mol. The molecular formula is C13H9BrFN3. The summed E-state index contributed by atoms with van der Waals surface area (Å²) in [5.74, 6) is -0.0418. The zero-order valence-corrected chi connectivity index (χ0v) is 11.1. The number of nitrogens with zero attached hydrogens (tertiary/aromatic N) is 2. The molecule has 0 unspecified atom stereocenters. The van der Waals surface area contributed by atoms with E-state index >= 15 is 0 Å². The highest BCUT2D eigenvalue weighted by molar-refractivity contribution is 9.10. The van der Waals surface area contributed by atoms with E-state index in [2.05, 4.69) is 32.3 Å². The number of hydrogen-bond donors (Lipinski definition) is 1. The molecule has 0 atom stereocenters. The fraction of sp³-hybridized carbons (Fsp3) is 0.0769. The Morgan fingerprint density at radius 1 is 1.39 bits per heavy atom. The van der Waals surface area contributed by atoms with E-state index in [9.17, 15) is 4.39 Å². The number of aromatic nitrogens is 1. The third kappa shape index (κ3) is 2.49. The van der Waals surface area contributed by atoms with Gasteiger partial charge in [0.05, 0.1) is 11.3 Å². The molecule has 2 aromatic rings. The molecule has 3 nitrogen and oxygen atoms in total. The highest BCUT2D eigenvalue weighted by atomic mass is 79.9. The summed E-state index contributed by atoms with van der Waals surface area (Å²) in [5, 5.41) is 11.9. The summed E-state index contributed by atoms with van der Waals surface area (Å²) in [6.07, 6.45) is 1.58. The average Bonchev–Trinajstić information content (AvgIpc) is 2.34. The van der Waals surface area contributed by atoms with Gasteiger partial charge in [-0.3, -0.25) is 0 Å². The van der Waals surface area contributed by atoms with Crippen molar-refractivity contribution in [3.05, 3.63) is 51.9 Å². The van der Waals surface area contributed by atoms with Crippen LogP contribution >= 0.6 is 15.9 Å². The van der Waals surface area contributed by atoms with Gasteiger partial charge in [0.25, 0.3) is 0 Å². The van der Waals surface area contributed by atoms with Crippen molar-refractivity contribution in [3.63, 3.8) is 0 Å². The molecule has 0 fully saturated rings. The molecule has 2 rings (SSSR count). The standard InChI is InChI=1S/C13H9BrFN3/c1-8-4-5-17-13(10(8)7-16)18-12-6-9(14)2-3-11(12)15/h2-6H,1H3,(H,17,18). The van der Waals surface area contributed by atoms with E-state index in [1.165, 1.54) is 6.07 Å². The Kier molecular flexibility index (Phi) is 3.58. The summed E-state index contributed by atoms with van der Waals surface area (Å²) in [7, 11) is 0. The first-order valence-electron chi connectivity index (χ1n) is 5.19. The maximum atomic E-state index is 13.6. The van der Waals surface area contributed by atoms with Gasteiger partial charge in [-0.2, -0.15) is 5.26 Å². The van der Waals surface area contributed by atoms with Gasteiger partial charge in [-0.05, 0) is 36.8 Å². The van der Waals surface area contributed by atoms with Crippen LogP contribution in [0.2, 0.25) is 0 Å². The summed E-state index contributed by atoms with van der Waals surface area (Å²) in [6, 6.07) is 8.34. The number of aryl methyl sites for hydroxylation is 1. The predicted molar refractivity (Wildman–Crippen MR) is 71.1 cm³/mol. The highest BCUT2D eigenvalue weighted by Crippen LogP contribution is 2.25. The zero-order valence-electron chi connectivity index (χ0n) is 9.54. The SMILES string of the molecule is Cc1ccnc(Nc2cc(Br)ccc2F)c1C#N. The van der Waals surface area contributed by atoms with Crippen LogP contribution in [0.3, 0.4) is 0 Å². The zero-order chi connectivity index (χ0) is 13.1. The number of nitriles is 1. The molecule has 0 aliphatic rings. The monoisotopic (exact) mass is 305 g/mol. The third-order valence-corrected chi connectivity index (χ3v) is 2.95. The van der Waals surface area contributed by atoms with Gasteiger partial charge in [0.1, 0.15) is 17.7 Å². The number of hydrogen-bond acceptors (Lipinski definition) is 3. The van der Waals surface area contributed by atoms with E-state index in [1.54, 1.807) is 24.4 Å². The number of nitrogens with one attached hydrogen (secondary N) is 1. The fourth-order valence-corrected chi connectivity index (χ4v) is 1.88. The summed E-state index contributed by atoms with van der Waals surface area (Å²) >= 11 is 3.27. The third-order valence-electron chi connectivity index (χ3n) is 2.45. The first-order valence-corrected chi connectivity index (χ1v) is 5.99. The molecule has 0 saturated heterocycles. The predicted octanol–water partition coefficient (Wildman–Crippen LogP) is 3.91. The lowest BCUT2D eigenvalue weighted by Crippen LogP contribution is -2.00. The van der Waals surface area contributed by atoms with Crippen LogP contribution in [0.4, 0.5) is 15.9 Å². The molecule has 1 aromatic carbocycles. The molecule has 90 valence electrons. The molecule has 5 heteroatoms. The van der Waals surface area contributed by atoms with E-state index in [-0.39, 0.29) is 5.69 Å². The van der Waals surface area contributed by atoms with Crippen LogP contribution in [0, 0.1) is 24.1 Å². The van der Waals surface area contributed by atoms with Gasteiger partial charge < -0.3 is 5.32 Å². The first kappa shape index (κ1) is 12.5. The highest BCUT2D eigenvalue weighted by Gasteiger charge is 2.09. The molecule has 1 N–H and O–H groups in total. The van der Waals surface area contributed by atoms with Gasteiger partial charge in [0, 0.05) is 10.7 Å². The minimum atomic E-state index is -0.398. The number of pyridine rings is 1. The van der Waals surface area contributed by atoms with E-state index in [0.717, 1.165) is 10.0 Å². The lowest BCUT2D eigenvalue weighted by molar-refractivity contribution is 0.631. The number of halogens is 2. The van der Waals surface area contributed by atoms with Crippen LogP contribution in [0.1, 0.15) is 11.1 Å². The molecule has 0 spiro atoms. The molecule has 0 saturated carbocycles. The Balaban J connectivity index is 2.44. The van der Waals surface area contributed by atoms with E-state index in [1.807, 2.05) is 6.92 Å². The van der Waals surface area contributed by atoms with Gasteiger partial charge in [0.15, 0.2) is 0 Å². The topological polar surface area (TPSA) is 48.7 Å². The lowest BCUT2D eigenvalue weighted by Gasteiger charge is -2.09. The van der Waals surface area contributed by atoms with Crippen molar-refractivity contribution >= 4 is 27.4 Å². The van der Waals surface area contributed by atoms with E-state index in [4.69, 9.17) is 5.26 Å². The molecule has 0 aliphatic carbocycles. The molecule has 0 bridgehead atoms. The summed E-state index contributed by atoms with van der Waals surface area (Å²) in [4.78, 5) is 4.06. The average molecular weight is 306 g/mol. The quantitative estimate of drug-likeness (QED) is 0.915. The second-order valence-corrected chi connectivity index (χ2v) is 4.63. The maximum absolute atomic E-state index is 13.6. The molecule has 1 aromatic heterocycles.